The van der Waals surface area contributed by atoms with Crippen molar-refractivity contribution in [3.63, 3.8) is 0 Å². The SMILES string of the molecule is CCN(CC(=O)Nc1ccc(NC(=O)c2cccs2)cc1)Cc1cccc(F)c1. The highest BCUT2D eigenvalue weighted by Gasteiger charge is 2.11. The van der Waals surface area contributed by atoms with E-state index < -0.39 is 0 Å². The van der Waals surface area contributed by atoms with Gasteiger partial charge >= 0.3 is 0 Å². The summed E-state index contributed by atoms with van der Waals surface area (Å²) in [6.45, 7) is 3.31. The van der Waals surface area contributed by atoms with Crippen LogP contribution in [0.15, 0.2) is 66.0 Å². The quantitative estimate of drug-likeness (QED) is 0.569. The van der Waals surface area contributed by atoms with Crippen LogP contribution in [0.2, 0.25) is 0 Å². The van der Waals surface area contributed by atoms with E-state index in [0.29, 0.717) is 29.3 Å². The average molecular weight is 412 g/mol. The Balaban J connectivity index is 1.52. The second-order valence-electron chi connectivity index (χ2n) is 6.49. The van der Waals surface area contributed by atoms with E-state index in [0.717, 1.165) is 5.56 Å². The highest BCUT2D eigenvalue weighted by molar-refractivity contribution is 7.12. The molecule has 0 atom stereocenters. The lowest BCUT2D eigenvalue weighted by Crippen LogP contribution is -2.32. The Labute approximate surface area is 173 Å². The van der Waals surface area contributed by atoms with Crippen LogP contribution < -0.4 is 10.6 Å². The Morgan fingerprint density at radius 3 is 2.34 bits per heavy atom. The summed E-state index contributed by atoms with van der Waals surface area (Å²) in [7, 11) is 0. The van der Waals surface area contributed by atoms with Crippen molar-refractivity contribution in [2.45, 2.75) is 13.5 Å². The molecule has 0 radical (unpaired) electrons. The Kier molecular flexibility index (Phi) is 7.10. The lowest BCUT2D eigenvalue weighted by molar-refractivity contribution is -0.117. The van der Waals surface area contributed by atoms with Crippen molar-refractivity contribution in [2.75, 3.05) is 23.7 Å². The fourth-order valence-corrected chi connectivity index (χ4v) is 3.43. The van der Waals surface area contributed by atoms with E-state index >= 15 is 0 Å². The highest BCUT2D eigenvalue weighted by atomic mass is 32.1. The summed E-state index contributed by atoms with van der Waals surface area (Å²) in [4.78, 5) is 27.0. The fourth-order valence-electron chi connectivity index (χ4n) is 2.81. The Bertz CT molecular complexity index is 958. The number of hydrogen-bond acceptors (Lipinski definition) is 4. The first kappa shape index (κ1) is 20.7. The van der Waals surface area contributed by atoms with Crippen LogP contribution in [0.3, 0.4) is 0 Å². The number of carbonyl (C=O) groups excluding carboxylic acids is 2. The molecule has 0 bridgehead atoms. The van der Waals surface area contributed by atoms with Gasteiger partial charge in [-0.1, -0.05) is 25.1 Å². The summed E-state index contributed by atoms with van der Waals surface area (Å²) in [6, 6.07) is 16.9. The Hall–Kier alpha value is -3.03. The Morgan fingerprint density at radius 1 is 1.00 bits per heavy atom. The standard InChI is InChI=1S/C22H22FN3O2S/c1-2-26(14-16-5-3-6-17(23)13-16)15-21(27)24-18-8-10-19(11-9-18)25-22(28)20-7-4-12-29-20/h3-13H,2,14-15H2,1H3,(H,24,27)(H,25,28). The molecule has 1 aromatic heterocycles. The predicted molar refractivity (Wildman–Crippen MR) is 115 cm³/mol. The van der Waals surface area contributed by atoms with Crippen molar-refractivity contribution < 1.29 is 14.0 Å². The first-order valence-electron chi connectivity index (χ1n) is 9.25. The predicted octanol–water partition coefficient (Wildman–Crippen LogP) is 4.60. The molecule has 0 unspecified atom stereocenters. The summed E-state index contributed by atoms with van der Waals surface area (Å²) < 4.78 is 13.3. The first-order valence-corrected chi connectivity index (χ1v) is 10.1. The molecule has 1 heterocycles. The largest absolute Gasteiger partial charge is 0.325 e. The normalized spacial score (nSPS) is 10.7. The van der Waals surface area contributed by atoms with Crippen molar-refractivity contribution in [1.29, 1.82) is 0 Å². The number of thiophene rings is 1. The van der Waals surface area contributed by atoms with Gasteiger partial charge in [0.05, 0.1) is 11.4 Å². The van der Waals surface area contributed by atoms with Crippen molar-refractivity contribution in [3.05, 3.63) is 82.3 Å². The number of rotatable bonds is 8. The minimum Gasteiger partial charge on any atom is -0.325 e. The van der Waals surface area contributed by atoms with E-state index in [2.05, 4.69) is 10.6 Å². The van der Waals surface area contributed by atoms with Crippen LogP contribution in [0, 0.1) is 5.82 Å². The molecule has 2 N–H and O–H groups in total. The molecule has 2 aromatic carbocycles. The molecule has 29 heavy (non-hydrogen) atoms. The smallest absolute Gasteiger partial charge is 0.265 e. The molecule has 0 fully saturated rings. The van der Waals surface area contributed by atoms with Gasteiger partial charge < -0.3 is 10.6 Å². The molecule has 5 nitrogen and oxygen atoms in total. The number of likely N-dealkylation sites (N-methyl/N-ethyl adjacent to an activating group) is 1. The van der Waals surface area contributed by atoms with Gasteiger partial charge in [0, 0.05) is 17.9 Å². The third-order valence-electron chi connectivity index (χ3n) is 4.28. The molecule has 150 valence electrons. The third kappa shape index (κ3) is 6.23. The fraction of sp³-hybridized carbons (Fsp3) is 0.182. The van der Waals surface area contributed by atoms with Gasteiger partial charge in [-0.3, -0.25) is 14.5 Å². The van der Waals surface area contributed by atoms with E-state index in [4.69, 9.17) is 0 Å². The monoisotopic (exact) mass is 411 g/mol. The van der Waals surface area contributed by atoms with Gasteiger partial charge in [-0.25, -0.2) is 4.39 Å². The first-order chi connectivity index (χ1) is 14.0. The maximum atomic E-state index is 13.3. The third-order valence-corrected chi connectivity index (χ3v) is 5.15. The van der Waals surface area contributed by atoms with Gasteiger partial charge in [0.15, 0.2) is 0 Å². The second kappa shape index (κ2) is 9.95. The van der Waals surface area contributed by atoms with Crippen LogP contribution in [-0.4, -0.2) is 29.8 Å². The molecule has 3 rings (SSSR count). The molecule has 7 heteroatoms. The van der Waals surface area contributed by atoms with Crippen molar-refractivity contribution in [3.8, 4) is 0 Å². The van der Waals surface area contributed by atoms with E-state index in [1.807, 2.05) is 29.3 Å². The van der Waals surface area contributed by atoms with Crippen LogP contribution in [0.4, 0.5) is 15.8 Å². The van der Waals surface area contributed by atoms with Gasteiger partial charge in [0.2, 0.25) is 5.91 Å². The van der Waals surface area contributed by atoms with Crippen LogP contribution in [0.25, 0.3) is 0 Å². The van der Waals surface area contributed by atoms with Crippen LogP contribution in [-0.2, 0) is 11.3 Å². The molecule has 0 spiro atoms. The molecule has 0 aliphatic rings. The van der Waals surface area contributed by atoms with Crippen molar-refractivity contribution in [2.24, 2.45) is 0 Å². The summed E-state index contributed by atoms with van der Waals surface area (Å²) >= 11 is 1.38. The number of amides is 2. The summed E-state index contributed by atoms with van der Waals surface area (Å²) in [5.41, 5.74) is 2.12. The maximum absolute atomic E-state index is 13.3. The van der Waals surface area contributed by atoms with Gasteiger partial charge in [-0.05, 0) is 60.0 Å². The molecule has 2 amide bonds. The molecular formula is C22H22FN3O2S. The molecular weight excluding hydrogens is 389 g/mol. The zero-order valence-corrected chi connectivity index (χ0v) is 16.8. The second-order valence-corrected chi connectivity index (χ2v) is 7.44. The number of nitrogens with one attached hydrogen (secondary N) is 2. The number of carbonyl (C=O) groups is 2. The van der Waals surface area contributed by atoms with Gasteiger partial charge in [0.1, 0.15) is 5.82 Å². The summed E-state index contributed by atoms with van der Waals surface area (Å²) in [5, 5.41) is 7.51. The maximum Gasteiger partial charge on any atom is 0.265 e. The topological polar surface area (TPSA) is 61.4 Å². The lowest BCUT2D eigenvalue weighted by atomic mass is 10.2. The molecule has 0 saturated carbocycles. The number of hydrogen-bond donors (Lipinski definition) is 2. The van der Waals surface area contributed by atoms with Gasteiger partial charge in [-0.15, -0.1) is 11.3 Å². The lowest BCUT2D eigenvalue weighted by Gasteiger charge is -2.20. The number of anilines is 2. The van der Waals surface area contributed by atoms with E-state index in [-0.39, 0.29) is 24.2 Å². The van der Waals surface area contributed by atoms with Gasteiger partial charge in [-0.2, -0.15) is 0 Å². The van der Waals surface area contributed by atoms with Crippen molar-refractivity contribution in [1.82, 2.24) is 4.90 Å². The minimum absolute atomic E-state index is 0.154. The molecule has 3 aromatic rings. The highest BCUT2D eigenvalue weighted by Crippen LogP contribution is 2.16. The van der Waals surface area contributed by atoms with Crippen molar-refractivity contribution >= 4 is 34.5 Å². The van der Waals surface area contributed by atoms with Crippen LogP contribution >= 0.6 is 11.3 Å². The minimum atomic E-state index is -0.283. The van der Waals surface area contributed by atoms with E-state index in [9.17, 15) is 14.0 Å². The molecule has 0 aliphatic carbocycles. The zero-order valence-electron chi connectivity index (χ0n) is 16.0. The van der Waals surface area contributed by atoms with Crippen LogP contribution in [0.5, 0.6) is 0 Å². The Morgan fingerprint density at radius 2 is 1.72 bits per heavy atom. The summed E-state index contributed by atoms with van der Waals surface area (Å²) in [5.74, 6) is -0.597. The number of benzene rings is 2. The number of halogens is 1. The number of nitrogens with zero attached hydrogens (tertiary/aromatic N) is 1. The van der Waals surface area contributed by atoms with E-state index in [1.165, 1.54) is 23.5 Å². The van der Waals surface area contributed by atoms with Crippen LogP contribution in [0.1, 0.15) is 22.2 Å². The average Bonchev–Trinajstić information content (AvgIpc) is 3.24. The summed E-state index contributed by atoms with van der Waals surface area (Å²) in [6.07, 6.45) is 0. The molecule has 0 aliphatic heterocycles. The molecule has 0 saturated heterocycles. The van der Waals surface area contributed by atoms with E-state index in [1.54, 1.807) is 36.4 Å². The zero-order chi connectivity index (χ0) is 20.6. The van der Waals surface area contributed by atoms with Gasteiger partial charge in [0.25, 0.3) is 5.91 Å².